The summed E-state index contributed by atoms with van der Waals surface area (Å²) < 4.78 is 54.2. The molecule has 0 saturated carbocycles. The van der Waals surface area contributed by atoms with Crippen molar-refractivity contribution < 1.29 is 56.8 Å². The number of hydrogen-bond acceptors (Lipinski definition) is 13. The normalized spacial score (nSPS) is 34.9. The number of methoxy groups -OCH3 is 1. The topological polar surface area (TPSA) is 162 Å². The van der Waals surface area contributed by atoms with Gasteiger partial charge in [0.25, 0.3) is 5.67 Å². The highest BCUT2D eigenvalue weighted by Gasteiger charge is 2.54. The van der Waals surface area contributed by atoms with E-state index < -0.39 is 89.8 Å². The number of hydrogen-bond donors (Lipinski definition) is 0. The summed E-state index contributed by atoms with van der Waals surface area (Å²) in [5.41, 5.74) is -4.25. The average molecular weight is 772 g/mol. The molecule has 2 aromatic rings. The van der Waals surface area contributed by atoms with Gasteiger partial charge in [-0.2, -0.15) is 0 Å². The molecule has 1 aromatic heterocycles. The van der Waals surface area contributed by atoms with Crippen molar-refractivity contribution in [3.8, 4) is 0 Å². The Kier molecular flexibility index (Phi) is 14.3. The van der Waals surface area contributed by atoms with Crippen LogP contribution in [-0.4, -0.2) is 119 Å². The van der Waals surface area contributed by atoms with Crippen LogP contribution in [0.15, 0.2) is 60.7 Å². The first kappa shape index (κ1) is 43.4. The molecule has 3 heterocycles. The second-order valence-corrected chi connectivity index (χ2v) is 15.0. The summed E-state index contributed by atoms with van der Waals surface area (Å²) in [4.78, 5) is 74.1. The van der Waals surface area contributed by atoms with Gasteiger partial charge < -0.3 is 33.3 Å². The van der Waals surface area contributed by atoms with Crippen molar-refractivity contribution in [2.75, 3.05) is 21.2 Å². The quantitative estimate of drug-likeness (QED) is 0.198. The molecule has 2 aliphatic rings. The molecule has 55 heavy (non-hydrogen) atoms. The molecule has 4 rings (SSSR count). The summed E-state index contributed by atoms with van der Waals surface area (Å²) in [6, 6.07) is 7.99. The highest BCUT2D eigenvalue weighted by molar-refractivity contribution is 6.08. The SMILES string of the molecule is CC[C@H]1OC(=O)[C@@](C)(F)C(=O)[C@H](C)[C@@H](OC2O[C@H](C)C[C@H](N(C)C)[C@H]2OC(=O)c2ccccc2)[C@@](C)(OC)C[C@@H](C)C(=O)/C(C)=C/[C@@H]1OC(=O)n1ccnc1. The zero-order valence-corrected chi connectivity index (χ0v) is 33.2. The minimum atomic E-state index is -3.22. The van der Waals surface area contributed by atoms with Crippen LogP contribution in [0.3, 0.4) is 0 Å². The number of carbonyl (C=O) groups is 5. The first-order chi connectivity index (χ1) is 25.8. The van der Waals surface area contributed by atoms with E-state index in [9.17, 15) is 24.0 Å². The molecule has 0 bridgehead atoms. The standard InChI is InChI=1S/C40H54FN3O11/c1-11-29-30(53-38(49)44-18-17-42-22-44)19-23(2)31(45)24(3)21-39(6,50-10)34(26(5)33(46)40(7,41)37(48)52-29)55-36-32(28(43(8)9)20-25(4)51-36)54-35(47)27-15-13-12-14-16-27/h12-19,22,24-26,28-30,32,34,36H,11,20-21H2,1-10H3/b23-19+/t24-,25-,26+,28+,29-,30+,32-,34-,36?,39+,40+/m1/s1. The number of alkyl halides is 1. The van der Waals surface area contributed by atoms with Crippen LogP contribution in [0.4, 0.5) is 9.18 Å². The molecule has 2 aliphatic heterocycles. The largest absolute Gasteiger partial charge is 0.455 e. The van der Waals surface area contributed by atoms with Crippen LogP contribution >= 0.6 is 0 Å². The Morgan fingerprint density at radius 3 is 2.33 bits per heavy atom. The lowest BCUT2D eigenvalue weighted by Gasteiger charge is -2.47. The molecule has 0 radical (unpaired) electrons. The van der Waals surface area contributed by atoms with E-state index in [0.717, 1.165) is 11.5 Å². The Labute approximate surface area is 321 Å². The van der Waals surface area contributed by atoms with Crippen LogP contribution in [0, 0.1) is 11.8 Å². The van der Waals surface area contributed by atoms with Gasteiger partial charge in [0, 0.05) is 31.3 Å². The molecule has 1 saturated heterocycles. The summed E-state index contributed by atoms with van der Waals surface area (Å²) in [6.07, 6.45) is -1.88. The minimum absolute atomic E-state index is 0.0295. The van der Waals surface area contributed by atoms with Crippen molar-refractivity contribution in [3.63, 3.8) is 0 Å². The fraction of sp³-hybridized carbons (Fsp3) is 0.600. The van der Waals surface area contributed by atoms with Crippen LogP contribution in [0.25, 0.3) is 0 Å². The van der Waals surface area contributed by atoms with E-state index in [1.54, 1.807) is 51.1 Å². The number of imidazole rings is 1. The van der Waals surface area contributed by atoms with Gasteiger partial charge in [-0.3, -0.25) is 9.59 Å². The van der Waals surface area contributed by atoms with Crippen molar-refractivity contribution in [1.82, 2.24) is 14.5 Å². The highest BCUT2D eigenvalue weighted by Crippen LogP contribution is 2.38. The van der Waals surface area contributed by atoms with Gasteiger partial charge in [0.15, 0.2) is 30.1 Å². The minimum Gasteiger partial charge on any atom is -0.455 e. The summed E-state index contributed by atoms with van der Waals surface area (Å²) in [5, 5.41) is 0. The smallest absolute Gasteiger partial charge is 0.419 e. The molecule has 0 amide bonds. The second-order valence-electron chi connectivity index (χ2n) is 15.0. The molecule has 1 unspecified atom stereocenters. The van der Waals surface area contributed by atoms with Gasteiger partial charge in [-0.1, -0.05) is 39.0 Å². The van der Waals surface area contributed by atoms with Crippen LogP contribution in [0.5, 0.6) is 0 Å². The maximum Gasteiger partial charge on any atom is 0.419 e. The number of halogens is 1. The van der Waals surface area contributed by atoms with Gasteiger partial charge in [-0.25, -0.2) is 28.3 Å². The third kappa shape index (κ3) is 9.93. The summed E-state index contributed by atoms with van der Waals surface area (Å²) in [5.74, 6) is -5.91. The molecule has 1 fully saturated rings. The molecule has 0 aliphatic carbocycles. The number of rotatable bonds is 8. The Hall–Kier alpha value is -4.31. The van der Waals surface area contributed by atoms with Crippen LogP contribution in [0.1, 0.15) is 78.1 Å². The zero-order chi connectivity index (χ0) is 40.8. The van der Waals surface area contributed by atoms with Crippen molar-refractivity contribution in [3.05, 3.63) is 66.3 Å². The van der Waals surface area contributed by atoms with Crippen molar-refractivity contribution in [2.45, 2.75) is 122 Å². The van der Waals surface area contributed by atoms with Crippen LogP contribution in [0.2, 0.25) is 0 Å². The molecule has 0 N–H and O–H groups in total. The first-order valence-electron chi connectivity index (χ1n) is 18.5. The average Bonchev–Trinajstić information content (AvgIpc) is 3.70. The Morgan fingerprint density at radius 1 is 1.07 bits per heavy atom. The number of cyclic esters (lactones) is 1. The number of aromatic nitrogens is 2. The molecule has 302 valence electrons. The van der Waals surface area contributed by atoms with Gasteiger partial charge >= 0.3 is 18.0 Å². The number of carbonyl (C=O) groups excluding carboxylic acids is 5. The maximum absolute atomic E-state index is 16.8. The fourth-order valence-corrected chi connectivity index (χ4v) is 7.26. The molecule has 14 nitrogen and oxygen atoms in total. The number of likely N-dealkylation sites (N-methyl/N-ethyl adjacent to an activating group) is 1. The number of nitrogens with zero attached hydrogens (tertiary/aromatic N) is 3. The lowest BCUT2D eigenvalue weighted by molar-refractivity contribution is -0.294. The van der Waals surface area contributed by atoms with Crippen LogP contribution in [-0.2, 0) is 42.8 Å². The Morgan fingerprint density at radius 2 is 1.75 bits per heavy atom. The second kappa shape index (κ2) is 18.1. The molecule has 11 atom stereocenters. The van der Waals surface area contributed by atoms with Crippen LogP contribution < -0.4 is 0 Å². The maximum atomic E-state index is 16.8. The third-order valence-electron chi connectivity index (χ3n) is 10.5. The highest BCUT2D eigenvalue weighted by atomic mass is 19.1. The van der Waals surface area contributed by atoms with Gasteiger partial charge in [0.05, 0.1) is 29.4 Å². The van der Waals surface area contributed by atoms with Gasteiger partial charge in [0.1, 0.15) is 12.4 Å². The van der Waals surface area contributed by atoms with Gasteiger partial charge in [0.2, 0.25) is 0 Å². The Balaban J connectivity index is 1.79. The molecule has 1 aromatic carbocycles. The van der Waals surface area contributed by atoms with E-state index in [2.05, 4.69) is 4.98 Å². The number of benzene rings is 1. The van der Waals surface area contributed by atoms with E-state index in [1.807, 2.05) is 25.9 Å². The summed E-state index contributed by atoms with van der Waals surface area (Å²) >= 11 is 0. The number of allylic oxidation sites excluding steroid dienone is 1. The van der Waals surface area contributed by atoms with E-state index in [-0.39, 0.29) is 24.2 Å². The van der Waals surface area contributed by atoms with E-state index in [4.69, 9.17) is 28.4 Å². The zero-order valence-electron chi connectivity index (χ0n) is 33.2. The van der Waals surface area contributed by atoms with Crippen molar-refractivity contribution in [2.24, 2.45) is 11.8 Å². The monoisotopic (exact) mass is 771 g/mol. The fourth-order valence-electron chi connectivity index (χ4n) is 7.26. The summed E-state index contributed by atoms with van der Waals surface area (Å²) in [7, 11) is 5.02. The molecular weight excluding hydrogens is 717 g/mol. The third-order valence-corrected chi connectivity index (χ3v) is 10.5. The Bertz CT molecular complexity index is 1700. The van der Waals surface area contributed by atoms with Crippen molar-refractivity contribution >= 4 is 29.6 Å². The number of ether oxygens (including phenoxy) is 6. The lowest BCUT2D eigenvalue weighted by Crippen LogP contribution is -2.61. The molecule has 15 heteroatoms. The summed E-state index contributed by atoms with van der Waals surface area (Å²) in [6.45, 7) is 10.5. The first-order valence-corrected chi connectivity index (χ1v) is 18.5. The number of Topliss-reactive ketones (excluding diaryl/α,β-unsaturated/α-hetero) is 2. The van der Waals surface area contributed by atoms with E-state index in [1.165, 1.54) is 45.8 Å². The van der Waals surface area contributed by atoms with Gasteiger partial charge in [-0.15, -0.1) is 0 Å². The number of esters is 2. The predicted molar refractivity (Wildman–Crippen MR) is 197 cm³/mol. The van der Waals surface area contributed by atoms with E-state index >= 15 is 4.39 Å². The van der Waals surface area contributed by atoms with Crippen molar-refractivity contribution in [1.29, 1.82) is 0 Å². The molecular formula is C40H54FN3O11. The number of ketones is 2. The predicted octanol–water partition coefficient (Wildman–Crippen LogP) is 5.13. The van der Waals surface area contributed by atoms with Gasteiger partial charge in [-0.05, 0) is 84.8 Å². The molecule has 0 spiro atoms. The lowest BCUT2D eigenvalue weighted by atomic mass is 9.76. The van der Waals surface area contributed by atoms with E-state index in [0.29, 0.717) is 12.0 Å².